The molecule has 0 aliphatic carbocycles. The minimum atomic E-state index is -0.728. The van der Waals surface area contributed by atoms with E-state index in [1.54, 1.807) is 13.8 Å². The third-order valence-electron chi connectivity index (χ3n) is 4.01. The number of carbonyl (C=O) groups excluding carboxylic acids is 1. The molecule has 9 heteroatoms. The lowest BCUT2D eigenvalue weighted by Gasteiger charge is -2.17. The van der Waals surface area contributed by atoms with Crippen LogP contribution in [0.25, 0.3) is 0 Å². The van der Waals surface area contributed by atoms with Gasteiger partial charge in [-0.05, 0) is 19.4 Å². The summed E-state index contributed by atoms with van der Waals surface area (Å²) in [5.74, 6) is -0.187. The van der Waals surface area contributed by atoms with Crippen LogP contribution in [0.3, 0.4) is 0 Å². The van der Waals surface area contributed by atoms with E-state index < -0.39 is 5.97 Å². The van der Waals surface area contributed by atoms with Crippen LogP contribution in [0.5, 0.6) is 28.7 Å². The molecule has 1 aliphatic rings. The zero-order valence-electron chi connectivity index (χ0n) is 14.1. The normalized spacial score (nSPS) is 12.5. The lowest BCUT2D eigenvalue weighted by Crippen LogP contribution is -2.10. The molecule has 2 aromatic rings. The van der Waals surface area contributed by atoms with Crippen LogP contribution >= 0.6 is 46.4 Å². The molecule has 0 unspecified atom stereocenters. The molecule has 1 aliphatic heterocycles. The standard InChI is InChI=1S/C17H12Cl4O5/c1-5-7-13(10(20)14(23-3)8(5)18)25-12-6(2)9(19)15(24-4)11(21)16(12)26-17(7)22/h1-4H3. The third kappa shape index (κ3) is 2.65. The summed E-state index contributed by atoms with van der Waals surface area (Å²) in [7, 11) is 2.81. The van der Waals surface area contributed by atoms with Crippen molar-refractivity contribution in [3.8, 4) is 28.7 Å². The predicted molar refractivity (Wildman–Crippen MR) is 101 cm³/mol. The van der Waals surface area contributed by atoms with Crippen molar-refractivity contribution < 1.29 is 23.7 Å². The number of fused-ring (bicyclic) bond motifs is 2. The monoisotopic (exact) mass is 436 g/mol. The third-order valence-corrected chi connectivity index (χ3v) is 5.61. The van der Waals surface area contributed by atoms with Crippen molar-refractivity contribution >= 4 is 52.4 Å². The molecule has 1 heterocycles. The number of rotatable bonds is 2. The molecule has 0 saturated heterocycles. The van der Waals surface area contributed by atoms with Gasteiger partial charge in [0.25, 0.3) is 0 Å². The van der Waals surface area contributed by atoms with E-state index in [1.807, 2.05) is 0 Å². The number of halogens is 4. The molecule has 0 aromatic heterocycles. The van der Waals surface area contributed by atoms with Gasteiger partial charge < -0.3 is 18.9 Å². The Kier molecular flexibility index (Phi) is 5.10. The fraction of sp³-hybridized carbons (Fsp3) is 0.235. The summed E-state index contributed by atoms with van der Waals surface area (Å²) in [6.45, 7) is 3.30. The SMILES string of the molecule is COc1c(Cl)c(C)c2c(c1Cl)OC(=O)c1c(C)c(Cl)c(OC)c(Cl)c1O2. The molecular weight excluding hydrogens is 426 g/mol. The fourth-order valence-corrected chi connectivity index (χ4v) is 3.88. The second kappa shape index (κ2) is 6.89. The molecule has 0 amide bonds. The lowest BCUT2D eigenvalue weighted by molar-refractivity contribution is 0.0736. The number of esters is 1. The fourth-order valence-electron chi connectivity index (χ4n) is 2.66. The van der Waals surface area contributed by atoms with E-state index in [2.05, 4.69) is 0 Å². The molecule has 5 nitrogen and oxygen atoms in total. The first kappa shape index (κ1) is 19.2. The first-order chi connectivity index (χ1) is 12.2. The van der Waals surface area contributed by atoms with Gasteiger partial charge in [-0.15, -0.1) is 0 Å². The van der Waals surface area contributed by atoms with Gasteiger partial charge in [0.2, 0.25) is 0 Å². The maximum Gasteiger partial charge on any atom is 0.347 e. The Balaban J connectivity index is 2.38. The highest BCUT2D eigenvalue weighted by Gasteiger charge is 2.35. The van der Waals surface area contributed by atoms with Crippen molar-refractivity contribution in [2.24, 2.45) is 0 Å². The summed E-state index contributed by atoms with van der Waals surface area (Å²) in [5, 5.41) is 0.446. The Hall–Kier alpha value is -1.53. The van der Waals surface area contributed by atoms with E-state index in [-0.39, 0.29) is 54.4 Å². The first-order valence-electron chi connectivity index (χ1n) is 7.25. The van der Waals surface area contributed by atoms with Gasteiger partial charge in [-0.25, -0.2) is 4.79 Å². The molecule has 0 spiro atoms. The van der Waals surface area contributed by atoms with Gasteiger partial charge in [0.05, 0.1) is 24.3 Å². The Morgan fingerprint density at radius 1 is 0.692 bits per heavy atom. The topological polar surface area (TPSA) is 54.0 Å². The minimum absolute atomic E-state index is 0.00564. The van der Waals surface area contributed by atoms with E-state index in [9.17, 15) is 4.79 Å². The van der Waals surface area contributed by atoms with Crippen LogP contribution in [0.1, 0.15) is 21.5 Å². The molecule has 0 saturated carbocycles. The zero-order chi connectivity index (χ0) is 19.3. The number of benzene rings is 2. The molecule has 0 atom stereocenters. The van der Waals surface area contributed by atoms with Gasteiger partial charge in [-0.3, -0.25) is 0 Å². The number of ether oxygens (including phenoxy) is 4. The number of methoxy groups -OCH3 is 2. The van der Waals surface area contributed by atoms with Gasteiger partial charge in [-0.1, -0.05) is 46.4 Å². The Labute approximate surface area is 169 Å². The summed E-state index contributed by atoms with van der Waals surface area (Å²) in [6, 6.07) is 0. The second-order valence-electron chi connectivity index (χ2n) is 5.43. The second-order valence-corrected chi connectivity index (χ2v) is 6.94. The van der Waals surface area contributed by atoms with Crippen LogP contribution in [-0.4, -0.2) is 20.2 Å². The van der Waals surface area contributed by atoms with E-state index in [0.717, 1.165) is 0 Å². The highest BCUT2D eigenvalue weighted by atomic mass is 35.5. The maximum atomic E-state index is 12.7. The van der Waals surface area contributed by atoms with Gasteiger partial charge >= 0.3 is 5.97 Å². The highest BCUT2D eigenvalue weighted by Crippen LogP contribution is 2.55. The smallest absolute Gasteiger partial charge is 0.347 e. The minimum Gasteiger partial charge on any atom is -0.493 e. The Bertz CT molecular complexity index is 956. The van der Waals surface area contributed by atoms with E-state index in [0.29, 0.717) is 11.1 Å². The van der Waals surface area contributed by atoms with Crippen LogP contribution in [0.4, 0.5) is 0 Å². The average Bonchev–Trinajstić information content (AvgIpc) is 2.76. The molecule has 2 aromatic carbocycles. The van der Waals surface area contributed by atoms with Gasteiger partial charge in [0.1, 0.15) is 15.6 Å². The number of hydrogen-bond acceptors (Lipinski definition) is 5. The van der Waals surface area contributed by atoms with E-state index in [1.165, 1.54) is 14.2 Å². The number of carbonyl (C=O) groups is 1. The van der Waals surface area contributed by atoms with Crippen LogP contribution in [-0.2, 0) is 0 Å². The highest BCUT2D eigenvalue weighted by molar-refractivity contribution is 6.40. The number of hydrogen-bond donors (Lipinski definition) is 0. The first-order valence-corrected chi connectivity index (χ1v) is 8.76. The zero-order valence-corrected chi connectivity index (χ0v) is 17.1. The van der Waals surface area contributed by atoms with Crippen molar-refractivity contribution in [2.45, 2.75) is 13.8 Å². The maximum absolute atomic E-state index is 12.7. The largest absolute Gasteiger partial charge is 0.493 e. The summed E-state index contributed by atoms with van der Waals surface area (Å²) >= 11 is 25.2. The van der Waals surface area contributed by atoms with Crippen molar-refractivity contribution in [1.29, 1.82) is 0 Å². The van der Waals surface area contributed by atoms with Gasteiger partial charge in [0.15, 0.2) is 28.7 Å². The summed E-state index contributed by atoms with van der Waals surface area (Å²) in [6.07, 6.45) is 0. The molecule has 138 valence electrons. The summed E-state index contributed by atoms with van der Waals surface area (Å²) in [5.41, 5.74) is 0.932. The Morgan fingerprint density at radius 3 is 1.73 bits per heavy atom. The van der Waals surface area contributed by atoms with Crippen LogP contribution in [0.15, 0.2) is 0 Å². The van der Waals surface area contributed by atoms with Crippen molar-refractivity contribution in [3.63, 3.8) is 0 Å². The van der Waals surface area contributed by atoms with Crippen LogP contribution < -0.4 is 18.9 Å². The predicted octanol–water partition coefficient (Wildman–Crippen LogP) is 6.26. The summed E-state index contributed by atoms with van der Waals surface area (Å²) < 4.78 is 21.8. The van der Waals surface area contributed by atoms with E-state index >= 15 is 0 Å². The van der Waals surface area contributed by atoms with Crippen molar-refractivity contribution in [1.82, 2.24) is 0 Å². The lowest BCUT2D eigenvalue weighted by atomic mass is 10.1. The molecule has 26 heavy (non-hydrogen) atoms. The summed E-state index contributed by atoms with van der Waals surface area (Å²) in [4.78, 5) is 12.7. The van der Waals surface area contributed by atoms with E-state index in [4.69, 9.17) is 65.4 Å². The van der Waals surface area contributed by atoms with Gasteiger partial charge in [-0.2, -0.15) is 0 Å². The molecule has 0 radical (unpaired) electrons. The van der Waals surface area contributed by atoms with Crippen LogP contribution in [0, 0.1) is 13.8 Å². The molecule has 0 fully saturated rings. The molecule has 0 N–H and O–H groups in total. The van der Waals surface area contributed by atoms with Crippen molar-refractivity contribution in [2.75, 3.05) is 14.2 Å². The Morgan fingerprint density at radius 2 is 1.19 bits per heavy atom. The molecule has 3 rings (SSSR count). The quantitative estimate of drug-likeness (QED) is 0.410. The average molecular weight is 438 g/mol. The van der Waals surface area contributed by atoms with Gasteiger partial charge in [0, 0.05) is 5.56 Å². The molecular formula is C17H12Cl4O5. The van der Waals surface area contributed by atoms with Crippen LogP contribution in [0.2, 0.25) is 20.1 Å². The van der Waals surface area contributed by atoms with Crippen molar-refractivity contribution in [3.05, 3.63) is 36.8 Å². The molecule has 0 bridgehead atoms.